The van der Waals surface area contributed by atoms with Gasteiger partial charge in [-0.05, 0) is 19.4 Å². The maximum absolute atomic E-state index is 12.6. The third-order valence-corrected chi connectivity index (χ3v) is 2.65. The van der Waals surface area contributed by atoms with Gasteiger partial charge in [-0.3, -0.25) is 9.48 Å². The highest BCUT2D eigenvalue weighted by atomic mass is 19.4. The Kier molecular flexibility index (Phi) is 4.97. The van der Waals surface area contributed by atoms with Gasteiger partial charge in [-0.1, -0.05) is 13.8 Å². The Balaban J connectivity index is 2.88. The molecule has 0 aliphatic heterocycles. The number of rotatable bonds is 5. The average molecular weight is 278 g/mol. The predicted molar refractivity (Wildman–Crippen MR) is 62.4 cm³/mol. The van der Waals surface area contributed by atoms with Crippen molar-refractivity contribution in [2.45, 2.75) is 39.9 Å². The molecule has 1 aromatic rings. The molecule has 108 valence electrons. The Labute approximate surface area is 109 Å². The molecule has 4 nitrogen and oxygen atoms in total. The Bertz CT molecular complexity index is 441. The van der Waals surface area contributed by atoms with Gasteiger partial charge in [0.2, 0.25) is 0 Å². The zero-order chi connectivity index (χ0) is 14.6. The van der Waals surface area contributed by atoms with Crippen LogP contribution in [0.3, 0.4) is 0 Å². The lowest BCUT2D eigenvalue weighted by atomic mass is 10.2. The lowest BCUT2D eigenvalue weighted by Crippen LogP contribution is -2.22. The molecular weight excluding hydrogens is 261 g/mol. The third kappa shape index (κ3) is 3.97. The van der Waals surface area contributed by atoms with E-state index in [1.54, 1.807) is 20.8 Å². The van der Waals surface area contributed by atoms with Gasteiger partial charge in [-0.2, -0.15) is 18.3 Å². The average Bonchev–Trinajstić information content (AvgIpc) is 2.72. The quantitative estimate of drug-likeness (QED) is 0.778. The number of alkyl halides is 3. The summed E-state index contributed by atoms with van der Waals surface area (Å²) in [5.41, 5.74) is -0.483. The van der Waals surface area contributed by atoms with E-state index in [9.17, 15) is 18.0 Å². The highest BCUT2D eigenvalue weighted by Gasteiger charge is 2.35. The van der Waals surface area contributed by atoms with Crippen LogP contribution in [0.2, 0.25) is 0 Å². The lowest BCUT2D eigenvalue weighted by Gasteiger charge is -2.12. The van der Waals surface area contributed by atoms with Crippen molar-refractivity contribution < 1.29 is 22.7 Å². The van der Waals surface area contributed by atoms with E-state index in [1.807, 2.05) is 0 Å². The van der Waals surface area contributed by atoms with E-state index in [1.165, 1.54) is 4.68 Å². The van der Waals surface area contributed by atoms with Crippen LogP contribution in [0.5, 0.6) is 0 Å². The van der Waals surface area contributed by atoms with Crippen LogP contribution in [0.25, 0.3) is 0 Å². The molecule has 0 aliphatic rings. The number of carbonyl (C=O) groups excluding carboxylic acids is 1. The molecule has 0 saturated heterocycles. The minimum Gasteiger partial charge on any atom is -0.466 e. The van der Waals surface area contributed by atoms with Crippen molar-refractivity contribution in [2.24, 2.45) is 5.92 Å². The van der Waals surface area contributed by atoms with Crippen LogP contribution in [0.1, 0.15) is 32.2 Å². The molecule has 19 heavy (non-hydrogen) atoms. The first-order valence-electron chi connectivity index (χ1n) is 6.10. The zero-order valence-corrected chi connectivity index (χ0v) is 11.1. The molecule has 1 aromatic heterocycles. The summed E-state index contributed by atoms with van der Waals surface area (Å²) in [7, 11) is 0. The molecule has 0 aliphatic carbocycles. The summed E-state index contributed by atoms with van der Waals surface area (Å²) in [5.74, 6) is -0.972. The summed E-state index contributed by atoms with van der Waals surface area (Å²) in [6, 6.07) is 1.01. The van der Waals surface area contributed by atoms with Crippen molar-refractivity contribution in [1.82, 2.24) is 9.78 Å². The molecule has 0 amide bonds. The second kappa shape index (κ2) is 6.08. The monoisotopic (exact) mass is 278 g/mol. The molecule has 0 aromatic carbocycles. The molecular formula is C12H17F3N2O2. The van der Waals surface area contributed by atoms with Gasteiger partial charge in [-0.15, -0.1) is 0 Å². The van der Waals surface area contributed by atoms with Gasteiger partial charge < -0.3 is 4.74 Å². The molecule has 0 unspecified atom stereocenters. The van der Waals surface area contributed by atoms with Crippen LogP contribution in [0.4, 0.5) is 13.2 Å². The van der Waals surface area contributed by atoms with E-state index in [4.69, 9.17) is 4.74 Å². The normalized spacial score (nSPS) is 13.4. The zero-order valence-electron chi connectivity index (χ0n) is 11.1. The Morgan fingerprint density at radius 2 is 2.11 bits per heavy atom. The summed E-state index contributed by atoms with van der Waals surface area (Å²) in [6.45, 7) is 5.35. The van der Waals surface area contributed by atoms with Gasteiger partial charge in [0.05, 0.1) is 19.1 Å². The molecule has 1 heterocycles. The van der Waals surface area contributed by atoms with Crippen molar-refractivity contribution in [1.29, 1.82) is 0 Å². The number of aromatic nitrogens is 2. The molecule has 0 bridgehead atoms. The molecule has 1 rings (SSSR count). The molecule has 0 spiro atoms. The Hall–Kier alpha value is -1.53. The molecule has 7 heteroatoms. The van der Waals surface area contributed by atoms with Gasteiger partial charge in [0.15, 0.2) is 5.69 Å². The first-order valence-corrected chi connectivity index (χ1v) is 6.10. The summed E-state index contributed by atoms with van der Waals surface area (Å²) in [4.78, 5) is 11.5. The number of halogens is 3. The first kappa shape index (κ1) is 15.5. The smallest absolute Gasteiger partial charge is 0.435 e. The van der Waals surface area contributed by atoms with Crippen molar-refractivity contribution >= 4 is 5.97 Å². The number of carbonyl (C=O) groups is 1. The van der Waals surface area contributed by atoms with Gasteiger partial charge in [0.1, 0.15) is 0 Å². The fourth-order valence-electron chi connectivity index (χ4n) is 1.66. The molecule has 1 atom stereocenters. The van der Waals surface area contributed by atoms with Gasteiger partial charge in [-0.25, -0.2) is 0 Å². The highest BCUT2D eigenvalue weighted by Crippen LogP contribution is 2.28. The van der Waals surface area contributed by atoms with Crippen molar-refractivity contribution in [2.75, 3.05) is 6.61 Å². The number of hydrogen-bond acceptors (Lipinski definition) is 3. The summed E-state index contributed by atoms with van der Waals surface area (Å²) in [6.07, 6.45) is -4.05. The van der Waals surface area contributed by atoms with Gasteiger partial charge in [0, 0.05) is 5.69 Å². The van der Waals surface area contributed by atoms with Crippen molar-refractivity contribution in [3.05, 3.63) is 17.5 Å². The van der Waals surface area contributed by atoms with Gasteiger partial charge in [0.25, 0.3) is 0 Å². The molecule has 0 saturated carbocycles. The fraction of sp³-hybridized carbons (Fsp3) is 0.667. The Morgan fingerprint density at radius 3 is 2.58 bits per heavy atom. The maximum Gasteiger partial charge on any atom is 0.435 e. The van der Waals surface area contributed by atoms with Crippen LogP contribution < -0.4 is 0 Å². The van der Waals surface area contributed by atoms with Gasteiger partial charge >= 0.3 is 12.1 Å². The van der Waals surface area contributed by atoms with E-state index in [-0.39, 0.29) is 13.2 Å². The maximum atomic E-state index is 12.6. The van der Waals surface area contributed by atoms with Crippen LogP contribution in [0, 0.1) is 5.92 Å². The summed E-state index contributed by atoms with van der Waals surface area (Å²) in [5, 5.41) is 3.52. The Morgan fingerprint density at radius 1 is 1.47 bits per heavy atom. The highest BCUT2D eigenvalue weighted by molar-refractivity contribution is 5.71. The standard InChI is InChI=1S/C12H17F3N2O2/c1-4-9-6-10(12(13,14)15)16-17(9)7-8(3)11(18)19-5-2/h6,8H,4-5,7H2,1-3H3/t8-/m1/s1. The third-order valence-electron chi connectivity index (χ3n) is 2.65. The SMILES string of the molecule is CCOC(=O)[C@H](C)Cn1nc(C(F)(F)F)cc1CC. The largest absolute Gasteiger partial charge is 0.466 e. The first-order chi connectivity index (χ1) is 8.79. The van der Waals surface area contributed by atoms with E-state index in [0.717, 1.165) is 6.07 Å². The minimum absolute atomic E-state index is 0.0814. The minimum atomic E-state index is -4.47. The van der Waals surface area contributed by atoms with E-state index >= 15 is 0 Å². The molecule has 0 radical (unpaired) electrons. The van der Waals surface area contributed by atoms with E-state index in [0.29, 0.717) is 12.1 Å². The van der Waals surface area contributed by atoms with Crippen molar-refractivity contribution in [3.63, 3.8) is 0 Å². The summed E-state index contributed by atoms with van der Waals surface area (Å²) >= 11 is 0. The second-order valence-corrected chi connectivity index (χ2v) is 4.21. The van der Waals surface area contributed by atoms with Crippen LogP contribution in [-0.2, 0) is 28.7 Å². The van der Waals surface area contributed by atoms with E-state index < -0.39 is 23.8 Å². The second-order valence-electron chi connectivity index (χ2n) is 4.21. The van der Waals surface area contributed by atoms with E-state index in [2.05, 4.69) is 5.10 Å². The number of hydrogen-bond donors (Lipinski definition) is 0. The number of ether oxygens (including phenoxy) is 1. The number of aryl methyl sites for hydroxylation is 1. The molecule has 0 N–H and O–H groups in total. The van der Waals surface area contributed by atoms with Crippen LogP contribution >= 0.6 is 0 Å². The number of esters is 1. The van der Waals surface area contributed by atoms with Crippen LogP contribution in [-0.4, -0.2) is 22.4 Å². The number of nitrogens with zero attached hydrogens (tertiary/aromatic N) is 2. The van der Waals surface area contributed by atoms with Crippen LogP contribution in [0.15, 0.2) is 6.07 Å². The van der Waals surface area contributed by atoms with Crippen molar-refractivity contribution in [3.8, 4) is 0 Å². The predicted octanol–water partition coefficient (Wildman–Crippen LogP) is 2.66. The topological polar surface area (TPSA) is 44.1 Å². The molecule has 0 fully saturated rings. The summed E-state index contributed by atoms with van der Waals surface area (Å²) < 4.78 is 43.7. The lowest BCUT2D eigenvalue weighted by molar-refractivity contribution is -0.147. The fourth-order valence-corrected chi connectivity index (χ4v) is 1.66.